The first-order chi connectivity index (χ1) is 12.6. The van der Waals surface area contributed by atoms with E-state index in [0.717, 1.165) is 61.9 Å². The molecular formula is C21H29N3O2. The minimum absolute atomic E-state index is 0.291. The van der Waals surface area contributed by atoms with E-state index in [4.69, 9.17) is 9.47 Å². The van der Waals surface area contributed by atoms with Gasteiger partial charge in [-0.05, 0) is 45.3 Å². The van der Waals surface area contributed by atoms with E-state index in [9.17, 15) is 0 Å². The molecule has 0 bridgehead atoms. The Hall–Kier alpha value is -2.01. The molecule has 4 rings (SSSR count). The zero-order chi connectivity index (χ0) is 18.1. The van der Waals surface area contributed by atoms with Gasteiger partial charge in [0.05, 0.1) is 12.6 Å². The molecule has 0 saturated carbocycles. The molecule has 5 heteroatoms. The average Bonchev–Trinajstić information content (AvgIpc) is 3.08. The third kappa shape index (κ3) is 3.73. The largest absolute Gasteiger partial charge is 0.496 e. The van der Waals surface area contributed by atoms with Crippen molar-refractivity contribution in [2.24, 2.45) is 0 Å². The number of rotatable bonds is 4. The van der Waals surface area contributed by atoms with Crippen LogP contribution in [0.4, 0.5) is 0 Å². The van der Waals surface area contributed by atoms with Gasteiger partial charge in [0.2, 0.25) is 0 Å². The van der Waals surface area contributed by atoms with E-state index in [-0.39, 0.29) is 0 Å². The van der Waals surface area contributed by atoms with Gasteiger partial charge in [-0.15, -0.1) is 0 Å². The van der Waals surface area contributed by atoms with Gasteiger partial charge in [-0.3, -0.25) is 9.88 Å². The molecule has 1 aromatic rings. The number of dihydropyridines is 1. The summed E-state index contributed by atoms with van der Waals surface area (Å²) in [6, 6.07) is 4.85. The van der Waals surface area contributed by atoms with Crippen molar-refractivity contribution in [3.63, 3.8) is 0 Å². The third-order valence-corrected chi connectivity index (χ3v) is 5.64. The number of pyridine rings is 1. The summed E-state index contributed by atoms with van der Waals surface area (Å²) >= 11 is 0. The van der Waals surface area contributed by atoms with Crippen LogP contribution < -0.4 is 10.1 Å². The topological polar surface area (TPSA) is 46.6 Å². The first kappa shape index (κ1) is 17.4. The van der Waals surface area contributed by atoms with E-state index in [2.05, 4.69) is 34.4 Å². The number of hydrogen-bond donors (Lipinski definition) is 1. The predicted octanol–water partition coefficient (Wildman–Crippen LogP) is 3.09. The Morgan fingerprint density at radius 2 is 1.92 bits per heavy atom. The summed E-state index contributed by atoms with van der Waals surface area (Å²) in [5.41, 5.74) is 3.35. The van der Waals surface area contributed by atoms with Crippen LogP contribution in [0.15, 0.2) is 35.7 Å². The summed E-state index contributed by atoms with van der Waals surface area (Å²) in [5, 5.41) is 3.49. The highest BCUT2D eigenvalue weighted by Gasteiger charge is 2.29. The number of hydrogen-bond acceptors (Lipinski definition) is 5. The summed E-state index contributed by atoms with van der Waals surface area (Å²) in [6.07, 6.45) is 7.89. The van der Waals surface area contributed by atoms with Crippen molar-refractivity contribution < 1.29 is 9.47 Å². The molecule has 2 unspecified atom stereocenters. The summed E-state index contributed by atoms with van der Waals surface area (Å²) in [5.74, 6) is 2.06. The van der Waals surface area contributed by atoms with E-state index in [1.807, 2.05) is 26.0 Å². The van der Waals surface area contributed by atoms with E-state index in [1.54, 1.807) is 0 Å². The van der Waals surface area contributed by atoms with Crippen molar-refractivity contribution in [2.45, 2.75) is 58.2 Å². The van der Waals surface area contributed by atoms with Gasteiger partial charge in [-0.25, -0.2) is 0 Å². The Morgan fingerprint density at radius 3 is 2.65 bits per heavy atom. The van der Waals surface area contributed by atoms with Gasteiger partial charge in [-0.1, -0.05) is 0 Å². The third-order valence-electron chi connectivity index (χ3n) is 5.64. The summed E-state index contributed by atoms with van der Waals surface area (Å²) in [7, 11) is 0. The van der Waals surface area contributed by atoms with Crippen LogP contribution in [0.25, 0.3) is 0 Å². The minimum atomic E-state index is 0.291. The van der Waals surface area contributed by atoms with Gasteiger partial charge in [0.15, 0.2) is 0 Å². The number of piperidine rings is 1. The Labute approximate surface area is 156 Å². The van der Waals surface area contributed by atoms with Gasteiger partial charge < -0.3 is 14.8 Å². The molecule has 2 saturated heterocycles. The highest BCUT2D eigenvalue weighted by Crippen LogP contribution is 2.27. The van der Waals surface area contributed by atoms with E-state index >= 15 is 0 Å². The molecule has 0 spiro atoms. The molecule has 0 amide bonds. The molecule has 0 aromatic carbocycles. The Balaban J connectivity index is 1.32. The molecule has 26 heavy (non-hydrogen) atoms. The van der Waals surface area contributed by atoms with Gasteiger partial charge in [0.1, 0.15) is 17.6 Å². The number of ether oxygens (including phenoxy) is 2. The fourth-order valence-corrected chi connectivity index (χ4v) is 4.14. The van der Waals surface area contributed by atoms with Crippen molar-refractivity contribution in [1.29, 1.82) is 0 Å². The second-order valence-corrected chi connectivity index (χ2v) is 7.66. The maximum absolute atomic E-state index is 6.22. The molecule has 1 N–H and O–H groups in total. The molecule has 2 atom stereocenters. The second-order valence-electron chi connectivity index (χ2n) is 7.66. The molecule has 0 radical (unpaired) electrons. The Bertz CT molecular complexity index is 700. The van der Waals surface area contributed by atoms with Crippen LogP contribution >= 0.6 is 0 Å². The molecule has 5 nitrogen and oxygen atoms in total. The van der Waals surface area contributed by atoms with E-state index in [1.165, 1.54) is 5.57 Å². The number of aryl methyl sites for hydroxylation is 2. The number of nitrogens with zero attached hydrogens (tertiary/aromatic N) is 2. The molecule has 3 aliphatic rings. The van der Waals surface area contributed by atoms with Crippen molar-refractivity contribution in [3.05, 3.63) is 47.1 Å². The van der Waals surface area contributed by atoms with Crippen molar-refractivity contribution in [3.8, 4) is 5.75 Å². The van der Waals surface area contributed by atoms with E-state index in [0.29, 0.717) is 18.2 Å². The number of aromatic nitrogens is 1. The molecule has 3 aliphatic heterocycles. The lowest BCUT2D eigenvalue weighted by Gasteiger charge is -2.37. The smallest absolute Gasteiger partial charge is 0.123 e. The van der Waals surface area contributed by atoms with Crippen LogP contribution in [0, 0.1) is 13.8 Å². The van der Waals surface area contributed by atoms with Crippen LogP contribution in [0.5, 0.6) is 5.75 Å². The summed E-state index contributed by atoms with van der Waals surface area (Å²) in [6.45, 7) is 9.26. The zero-order valence-corrected chi connectivity index (χ0v) is 16.0. The average molecular weight is 355 g/mol. The Morgan fingerprint density at radius 1 is 1.19 bits per heavy atom. The van der Waals surface area contributed by atoms with Crippen molar-refractivity contribution >= 4 is 0 Å². The SMILES string of the molecule is Cc1cc(OC2CCN(C(C)C3=CNC4CCOC4=C3)CC2)cc(C)n1. The molecule has 2 fully saturated rings. The number of likely N-dealkylation sites (tertiary alicyclic amines) is 1. The van der Waals surface area contributed by atoms with Crippen molar-refractivity contribution in [1.82, 2.24) is 15.2 Å². The molecule has 0 aliphatic carbocycles. The zero-order valence-electron chi connectivity index (χ0n) is 16.0. The predicted molar refractivity (Wildman–Crippen MR) is 102 cm³/mol. The lowest BCUT2D eigenvalue weighted by Crippen LogP contribution is -2.44. The normalized spacial score (nSPS) is 24.8. The quantitative estimate of drug-likeness (QED) is 0.899. The van der Waals surface area contributed by atoms with Crippen LogP contribution in [-0.2, 0) is 4.74 Å². The van der Waals surface area contributed by atoms with Gasteiger partial charge in [-0.2, -0.15) is 0 Å². The van der Waals surface area contributed by atoms with Gasteiger partial charge >= 0.3 is 0 Å². The molecule has 140 valence electrons. The molecule has 1 aromatic heterocycles. The molecular weight excluding hydrogens is 326 g/mol. The highest BCUT2D eigenvalue weighted by atomic mass is 16.5. The first-order valence-corrected chi connectivity index (χ1v) is 9.75. The summed E-state index contributed by atoms with van der Waals surface area (Å²) < 4.78 is 12.0. The highest BCUT2D eigenvalue weighted by molar-refractivity contribution is 5.33. The minimum Gasteiger partial charge on any atom is -0.496 e. The fourth-order valence-electron chi connectivity index (χ4n) is 4.14. The monoisotopic (exact) mass is 355 g/mol. The second kappa shape index (κ2) is 7.31. The van der Waals surface area contributed by atoms with Gasteiger partial charge in [0.25, 0.3) is 0 Å². The van der Waals surface area contributed by atoms with Crippen LogP contribution in [0.1, 0.15) is 37.6 Å². The van der Waals surface area contributed by atoms with Crippen LogP contribution in [0.3, 0.4) is 0 Å². The fraction of sp³-hybridized carbons (Fsp3) is 0.571. The van der Waals surface area contributed by atoms with Crippen LogP contribution in [-0.4, -0.2) is 47.8 Å². The van der Waals surface area contributed by atoms with Gasteiger partial charge in [0, 0.05) is 55.3 Å². The summed E-state index contributed by atoms with van der Waals surface area (Å²) in [4.78, 5) is 6.97. The maximum Gasteiger partial charge on any atom is 0.123 e. The Kier molecular flexibility index (Phi) is 4.90. The number of fused-ring (bicyclic) bond motifs is 1. The molecule has 4 heterocycles. The maximum atomic E-state index is 6.22. The van der Waals surface area contributed by atoms with Crippen molar-refractivity contribution in [2.75, 3.05) is 19.7 Å². The number of nitrogens with one attached hydrogen (secondary N) is 1. The van der Waals surface area contributed by atoms with E-state index < -0.39 is 0 Å². The first-order valence-electron chi connectivity index (χ1n) is 9.75. The lowest BCUT2D eigenvalue weighted by atomic mass is 9.99. The standard InChI is InChI=1S/C21H29N3O2/c1-14-10-19(11-15(2)23-14)26-18-4-7-24(8-5-18)16(3)17-12-21-20(22-13-17)6-9-25-21/h10-13,16,18,20,22H,4-9H2,1-3H3. The lowest BCUT2D eigenvalue weighted by molar-refractivity contribution is 0.0881. The van der Waals surface area contributed by atoms with Crippen LogP contribution in [0.2, 0.25) is 0 Å².